The van der Waals surface area contributed by atoms with Crippen LogP contribution >= 0.6 is 0 Å². The van der Waals surface area contributed by atoms with Crippen LogP contribution in [0, 0.1) is 24.9 Å². The number of esters is 1. The van der Waals surface area contributed by atoms with Crippen LogP contribution in [0.1, 0.15) is 228 Å². The van der Waals surface area contributed by atoms with Gasteiger partial charge in [-0.15, -0.1) is 0 Å². The Morgan fingerprint density at radius 1 is 0.512 bits per heavy atom. The second-order valence-electron chi connectivity index (χ2n) is 30.6. The van der Waals surface area contributed by atoms with Gasteiger partial charge in [0.25, 0.3) is 11.8 Å². The van der Waals surface area contributed by atoms with Crippen LogP contribution in [0.4, 0.5) is 26.3 Å². The Morgan fingerprint density at radius 2 is 0.870 bits per heavy atom. The van der Waals surface area contributed by atoms with Crippen molar-refractivity contribution in [3.63, 3.8) is 0 Å². The number of alkyl halides is 3. The minimum absolute atomic E-state index is 0. The van der Waals surface area contributed by atoms with E-state index in [-0.39, 0.29) is 167 Å². The molecule has 2 spiro atoms. The van der Waals surface area contributed by atoms with Crippen LogP contribution in [0.2, 0.25) is 0 Å². The fraction of sp³-hybridized carbons (Fsp3) is 0.419. The summed E-state index contributed by atoms with van der Waals surface area (Å²) in [6.45, 7) is 1.75. The summed E-state index contributed by atoms with van der Waals surface area (Å²) in [7, 11) is 1.14. The Hall–Kier alpha value is -11.5. The molecule has 2 atom stereocenters. The van der Waals surface area contributed by atoms with Crippen molar-refractivity contribution in [1.29, 1.82) is 0 Å². The standard InChI is InChI=1S/C31H31FN2O5.C25H22FNO6.C24H25FN2O5.C7H15NO.C2HF3O.3CH4.CH3/c32-23-12-9-21(10-13-23)11-14-25(35)24-17-33-18-26-34(20-31(39-26)15-5-2-6-16-31)30(37)27(33)29(28(24)36)38-19-22-7-3-1-4-8-22;1-32-25(31)22-24(33-16-18-5-3-2-4-6-18)23(30)20(15-27(22)13-14-28)21(29)12-9-17-7-10-19(26)11-8-17;25-16-7-4-15(5-8-16)6-9-18(28)17-12-26-13-19-27(23(31)20(26)22(30)21(17)29)14-24(32-19)10-2-1-3-11-24;8-6-7(9)4-2-1-3-5-7;3-2(4,5)1-6;;;;/h1,3-4,7-10,12-13,17,26H,2,5-6,11,14-16,18-20H2;2-8,10-11,14-15H,9,12-13,16H2,1H3;4-5,7-8,12,19,30H,1-3,6,9-11,13-14H2;9H,1-6,8H2;1H;3*1H4;1H3/q;;;;;;;;-1. The number of carbonyl (C=O) groups is 8. The number of aromatic nitrogens is 3. The van der Waals surface area contributed by atoms with Gasteiger partial charge >= 0.3 is 12.1 Å². The molecule has 0 bridgehead atoms. The molecule has 4 N–H and O–H groups in total. The molecule has 5 aromatic carbocycles. The summed E-state index contributed by atoms with van der Waals surface area (Å²) in [5.74, 6) is -5.14. The number of carbonyl (C=O) groups excluding carboxylic acids is 8. The molecule has 7 heterocycles. The van der Waals surface area contributed by atoms with E-state index < -0.39 is 76.0 Å². The van der Waals surface area contributed by atoms with Gasteiger partial charge in [0, 0.05) is 44.4 Å². The van der Waals surface area contributed by atoms with Gasteiger partial charge in [-0.2, -0.15) is 13.2 Å². The predicted octanol–water partition coefficient (Wildman–Crippen LogP) is 15.0. The van der Waals surface area contributed by atoms with Gasteiger partial charge in [-0.3, -0.25) is 43.2 Å². The molecule has 0 radical (unpaired) electrons. The van der Waals surface area contributed by atoms with Gasteiger partial charge in [0.05, 0.1) is 73.3 Å². The van der Waals surface area contributed by atoms with Gasteiger partial charge in [-0.25, -0.2) is 18.0 Å². The highest BCUT2D eigenvalue weighted by molar-refractivity contribution is 6.02. The van der Waals surface area contributed by atoms with E-state index in [1.54, 1.807) is 75.0 Å². The number of halogens is 6. The number of aromatic hydroxyl groups is 1. The zero-order chi connectivity index (χ0) is 85.2. The third-order valence-corrected chi connectivity index (χ3v) is 22.2. The average Bonchev–Trinajstić information content (AvgIpc) is 1.65. The van der Waals surface area contributed by atoms with Crippen LogP contribution in [-0.4, -0.2) is 144 Å². The Labute approximate surface area is 710 Å². The number of aryl methyl sites for hydroxylation is 3. The highest BCUT2D eigenvalue weighted by Gasteiger charge is 2.53. The summed E-state index contributed by atoms with van der Waals surface area (Å²) < 4.78 is 104. The number of Topliss-reactive ketones (excluding diaryl/α,β-unsaturated/α-hetero) is 3. The number of nitrogens with zero attached hydrogens (tertiary/aromatic N) is 5. The van der Waals surface area contributed by atoms with Crippen LogP contribution in [0.5, 0.6) is 17.2 Å². The number of benzene rings is 5. The van der Waals surface area contributed by atoms with Crippen LogP contribution in [-0.2, 0) is 75.9 Å². The summed E-state index contributed by atoms with van der Waals surface area (Å²) in [6.07, 6.45) is 14.5. The van der Waals surface area contributed by atoms with E-state index in [2.05, 4.69) is 0 Å². The first-order chi connectivity index (χ1) is 57.1. The van der Waals surface area contributed by atoms with E-state index in [1.807, 2.05) is 36.4 Å². The lowest BCUT2D eigenvalue weighted by Crippen LogP contribution is -2.46. The Bertz CT molecular complexity index is 5140. The zero-order valence-corrected chi connectivity index (χ0v) is 66.8. The molecular weight excluding hydrogens is 1600 g/mol. The molecule has 8 aromatic rings. The second kappa shape index (κ2) is 44.5. The van der Waals surface area contributed by atoms with Gasteiger partial charge in [0.1, 0.15) is 37.0 Å². The van der Waals surface area contributed by atoms with Crippen LogP contribution < -0.4 is 31.5 Å². The molecule has 24 nitrogen and oxygen atoms in total. The topological polar surface area (TPSA) is 322 Å². The Kier molecular flexibility index (Phi) is 35.7. The smallest absolute Gasteiger partial charge is 0.446 e. The van der Waals surface area contributed by atoms with Crippen molar-refractivity contribution in [2.24, 2.45) is 5.73 Å². The summed E-state index contributed by atoms with van der Waals surface area (Å²) in [5, 5.41) is 20.1. The van der Waals surface area contributed by atoms with E-state index >= 15 is 0 Å². The van der Waals surface area contributed by atoms with Crippen molar-refractivity contribution >= 4 is 47.7 Å². The zero-order valence-electron chi connectivity index (χ0n) is 66.8. The molecule has 3 saturated carbocycles. The molecule has 15 rings (SSSR count). The van der Waals surface area contributed by atoms with E-state index in [4.69, 9.17) is 34.2 Å². The van der Waals surface area contributed by atoms with Crippen molar-refractivity contribution in [3.05, 3.63) is 269 Å². The number of hydrogen-bond donors (Lipinski definition) is 3. The molecular formula is C93H109F6N6O18-. The quantitative estimate of drug-likeness (QED) is 0.0187. The Balaban J connectivity index is 0.000000231. The maximum absolute atomic E-state index is 13.8. The second-order valence-corrected chi connectivity index (χ2v) is 30.6. The van der Waals surface area contributed by atoms with Crippen LogP contribution in [0.15, 0.2) is 166 Å². The molecule has 123 heavy (non-hydrogen) atoms. The number of ether oxygens (including phenoxy) is 5. The monoisotopic (exact) mass is 1710 g/mol. The lowest BCUT2D eigenvalue weighted by molar-refractivity contribution is -0.156. The van der Waals surface area contributed by atoms with Gasteiger partial charge in [0.2, 0.25) is 22.6 Å². The van der Waals surface area contributed by atoms with Crippen LogP contribution in [0.3, 0.4) is 0 Å². The molecule has 30 heteroatoms. The minimum Gasteiger partial charge on any atom is -0.503 e. The molecule has 4 aliphatic heterocycles. The summed E-state index contributed by atoms with van der Waals surface area (Å²) in [6, 6.07) is 35.8. The number of ketones is 3. The number of fused-ring (bicyclic) bond motifs is 4. The van der Waals surface area contributed by atoms with E-state index in [9.17, 15) is 84.5 Å². The fourth-order valence-electron chi connectivity index (χ4n) is 15.9. The molecule has 5 fully saturated rings. The molecule has 662 valence electrons. The minimum atomic E-state index is -4.64. The highest BCUT2D eigenvalue weighted by atomic mass is 19.4. The molecule has 7 aliphatic rings. The number of rotatable bonds is 22. The van der Waals surface area contributed by atoms with Gasteiger partial charge in [0.15, 0.2) is 64.1 Å². The molecule has 2 amide bonds. The van der Waals surface area contributed by atoms with Crippen molar-refractivity contribution in [3.8, 4) is 17.2 Å². The van der Waals surface area contributed by atoms with Gasteiger partial charge < -0.3 is 75.4 Å². The lowest BCUT2D eigenvalue weighted by Gasteiger charge is -2.32. The molecule has 3 aromatic heterocycles. The summed E-state index contributed by atoms with van der Waals surface area (Å²) in [5.41, 5.74) is 5.32. The first-order valence-electron chi connectivity index (χ1n) is 39.7. The SMILES string of the molecule is C.C.C.COC(=O)c1c(OCc2ccccc2)c(=O)c(C(=O)CCc2ccc(F)cc2)cn1CC=O.NCC1(O)CCCCC1.O=C(CCc1ccc(F)cc1)c1cn2c(c(O)c1=O)C(=O)N1CC3(CCCCC3)OC1C2.O=C(CCc1ccc(F)cc1)c1cn2c(c(OCc3ccccc3)c1=O)C(=O)N1CC3(CCCCC3)OC1C2.O=CC(F)(F)F.[CH3-]. The average molecular weight is 1710 g/mol. The van der Waals surface area contributed by atoms with Crippen molar-refractivity contribution in [2.45, 2.75) is 225 Å². The third kappa shape index (κ3) is 24.9. The fourth-order valence-corrected chi connectivity index (χ4v) is 15.9. The number of nitrogens with two attached hydrogens (primary N) is 1. The number of aldehydes is 2. The molecule has 2 saturated heterocycles. The predicted molar refractivity (Wildman–Crippen MR) is 449 cm³/mol. The maximum atomic E-state index is 13.8. The number of hydrogen-bond acceptors (Lipinski definition) is 19. The van der Waals surface area contributed by atoms with Crippen LogP contribution in [0.25, 0.3) is 0 Å². The van der Waals surface area contributed by atoms with Gasteiger partial charge in [-0.1, -0.05) is 177 Å². The van der Waals surface area contributed by atoms with E-state index in [1.165, 1.54) is 77.0 Å². The van der Waals surface area contributed by atoms with Crippen molar-refractivity contribution in [2.75, 3.05) is 26.7 Å². The summed E-state index contributed by atoms with van der Waals surface area (Å²) >= 11 is 0. The van der Waals surface area contributed by atoms with E-state index in [0.717, 1.165) is 118 Å². The van der Waals surface area contributed by atoms with E-state index in [0.29, 0.717) is 45.3 Å². The highest BCUT2D eigenvalue weighted by Crippen LogP contribution is 2.44. The first kappa shape index (κ1) is 98.6. The number of aliphatic hydroxyl groups is 1. The normalized spacial score (nSPS) is 17.0. The lowest BCUT2D eigenvalue weighted by atomic mass is 9.85. The Morgan fingerprint density at radius 3 is 1.24 bits per heavy atom. The number of amides is 2. The van der Waals surface area contributed by atoms with Gasteiger partial charge in [-0.05, 0) is 122 Å². The number of methoxy groups -OCH3 is 1. The first-order valence-corrected chi connectivity index (χ1v) is 39.7. The number of pyridine rings is 3. The molecule has 3 aliphatic carbocycles. The van der Waals surface area contributed by atoms with Crippen molar-refractivity contribution < 1.29 is 98.6 Å². The largest absolute Gasteiger partial charge is 0.503 e. The summed E-state index contributed by atoms with van der Waals surface area (Å²) in [4.78, 5) is 141. The molecule has 2 unspecified atom stereocenters. The third-order valence-electron chi connectivity index (χ3n) is 22.2. The maximum Gasteiger partial charge on any atom is 0.446 e. The van der Waals surface area contributed by atoms with Crippen molar-refractivity contribution in [1.82, 2.24) is 23.5 Å².